The van der Waals surface area contributed by atoms with E-state index in [0.29, 0.717) is 6.61 Å². The zero-order chi connectivity index (χ0) is 13.8. The summed E-state index contributed by atoms with van der Waals surface area (Å²) in [5, 5.41) is 3.12. The third-order valence-corrected chi connectivity index (χ3v) is 3.84. The zero-order valence-electron chi connectivity index (χ0n) is 11.4. The monoisotopic (exact) mass is 323 g/mol. The molecule has 0 atom stereocenters. The molecule has 0 aliphatic carbocycles. The lowest BCUT2D eigenvalue weighted by Gasteiger charge is -2.06. The molecule has 4 heteroatoms. The highest BCUT2D eigenvalue weighted by Crippen LogP contribution is 2.23. The van der Waals surface area contributed by atoms with E-state index in [1.54, 1.807) is 0 Å². The molecule has 0 fully saturated rings. The average Bonchev–Trinajstić information content (AvgIpc) is 2.72. The highest BCUT2D eigenvalue weighted by atomic mass is 79.9. The van der Waals surface area contributed by atoms with Gasteiger partial charge in [-0.2, -0.15) is 0 Å². The molecule has 102 valence electrons. The smallest absolute Gasteiger partial charge is 0.146 e. The van der Waals surface area contributed by atoms with Crippen LogP contribution in [0.2, 0.25) is 0 Å². The minimum absolute atomic E-state index is 0.450. The number of halogens is 1. The van der Waals surface area contributed by atoms with Gasteiger partial charge in [0.05, 0.1) is 0 Å². The second-order valence-electron chi connectivity index (χ2n) is 4.52. The van der Waals surface area contributed by atoms with Crippen LogP contribution in [0.3, 0.4) is 0 Å². The van der Waals surface area contributed by atoms with Gasteiger partial charge in [0.1, 0.15) is 23.9 Å². The Balaban J connectivity index is 2.01. The maximum absolute atomic E-state index is 5.74. The number of rotatable bonds is 5. The molecule has 0 amide bonds. The minimum atomic E-state index is 0.450. The van der Waals surface area contributed by atoms with Crippen molar-refractivity contribution in [2.24, 2.45) is 0 Å². The minimum Gasteiger partial charge on any atom is -0.486 e. The van der Waals surface area contributed by atoms with Crippen molar-refractivity contribution >= 4 is 15.9 Å². The SMILES string of the molecule is CNCc1cc(COc2ccc(Br)c(C)c2)oc1C. The topological polar surface area (TPSA) is 34.4 Å². The lowest BCUT2D eigenvalue weighted by molar-refractivity contribution is 0.267. The molecule has 2 rings (SSSR count). The quantitative estimate of drug-likeness (QED) is 0.904. The Hall–Kier alpha value is -1.26. The Morgan fingerprint density at radius 2 is 2.05 bits per heavy atom. The van der Waals surface area contributed by atoms with E-state index < -0.39 is 0 Å². The fourth-order valence-electron chi connectivity index (χ4n) is 1.89. The first-order valence-corrected chi connectivity index (χ1v) is 7.01. The Kier molecular flexibility index (Phi) is 4.66. The van der Waals surface area contributed by atoms with Gasteiger partial charge in [0, 0.05) is 16.6 Å². The maximum atomic E-state index is 5.74. The Morgan fingerprint density at radius 3 is 2.74 bits per heavy atom. The van der Waals surface area contributed by atoms with Crippen molar-refractivity contribution in [3.63, 3.8) is 0 Å². The predicted molar refractivity (Wildman–Crippen MR) is 79.4 cm³/mol. The number of benzene rings is 1. The Labute approximate surface area is 122 Å². The fraction of sp³-hybridized carbons (Fsp3) is 0.333. The Morgan fingerprint density at radius 1 is 1.26 bits per heavy atom. The summed E-state index contributed by atoms with van der Waals surface area (Å²) in [5.41, 5.74) is 2.33. The van der Waals surface area contributed by atoms with E-state index >= 15 is 0 Å². The van der Waals surface area contributed by atoms with Gasteiger partial charge in [-0.1, -0.05) is 15.9 Å². The second-order valence-corrected chi connectivity index (χ2v) is 5.38. The van der Waals surface area contributed by atoms with E-state index in [2.05, 4.69) is 21.2 Å². The molecule has 1 aromatic carbocycles. The molecule has 1 N–H and O–H groups in total. The van der Waals surface area contributed by atoms with Crippen molar-refractivity contribution in [3.8, 4) is 5.75 Å². The Bertz CT molecular complexity index is 563. The summed E-state index contributed by atoms with van der Waals surface area (Å²) >= 11 is 3.47. The number of hydrogen-bond donors (Lipinski definition) is 1. The van der Waals surface area contributed by atoms with Crippen molar-refractivity contribution in [3.05, 3.63) is 51.4 Å². The number of aryl methyl sites for hydroxylation is 2. The van der Waals surface area contributed by atoms with Crippen molar-refractivity contribution in [1.82, 2.24) is 5.32 Å². The van der Waals surface area contributed by atoms with Gasteiger partial charge in [0.15, 0.2) is 0 Å². The summed E-state index contributed by atoms with van der Waals surface area (Å²) in [4.78, 5) is 0. The van der Waals surface area contributed by atoms with E-state index in [9.17, 15) is 0 Å². The van der Waals surface area contributed by atoms with Gasteiger partial charge in [-0.3, -0.25) is 0 Å². The number of hydrogen-bond acceptors (Lipinski definition) is 3. The van der Waals surface area contributed by atoms with Crippen LogP contribution >= 0.6 is 15.9 Å². The number of ether oxygens (including phenoxy) is 1. The van der Waals surface area contributed by atoms with Gasteiger partial charge in [0.25, 0.3) is 0 Å². The molecular weight excluding hydrogens is 306 g/mol. The van der Waals surface area contributed by atoms with Crippen LogP contribution in [-0.4, -0.2) is 7.05 Å². The van der Waals surface area contributed by atoms with Gasteiger partial charge >= 0.3 is 0 Å². The highest BCUT2D eigenvalue weighted by Gasteiger charge is 2.07. The standard InChI is InChI=1S/C15H18BrNO2/c1-10-6-13(4-5-15(10)16)18-9-14-7-12(8-17-3)11(2)19-14/h4-7,17H,8-9H2,1-3H3. The largest absolute Gasteiger partial charge is 0.486 e. The molecule has 1 heterocycles. The summed E-state index contributed by atoms with van der Waals surface area (Å²) < 4.78 is 12.5. The van der Waals surface area contributed by atoms with E-state index in [1.807, 2.05) is 45.2 Å². The normalized spacial score (nSPS) is 10.7. The highest BCUT2D eigenvalue weighted by molar-refractivity contribution is 9.10. The van der Waals surface area contributed by atoms with Crippen LogP contribution in [0.5, 0.6) is 5.75 Å². The molecule has 0 unspecified atom stereocenters. The molecular formula is C15H18BrNO2. The summed E-state index contributed by atoms with van der Waals surface area (Å²) in [5.74, 6) is 2.65. The molecule has 0 spiro atoms. The lowest BCUT2D eigenvalue weighted by Crippen LogP contribution is -2.04. The summed E-state index contributed by atoms with van der Waals surface area (Å²) in [6.07, 6.45) is 0. The maximum Gasteiger partial charge on any atom is 0.146 e. The molecule has 1 aromatic heterocycles. The van der Waals surface area contributed by atoms with E-state index in [0.717, 1.165) is 33.9 Å². The molecule has 0 aliphatic heterocycles. The average molecular weight is 324 g/mol. The van der Waals surface area contributed by atoms with Gasteiger partial charge in [-0.15, -0.1) is 0 Å². The molecule has 0 radical (unpaired) electrons. The van der Waals surface area contributed by atoms with Crippen LogP contribution in [0, 0.1) is 13.8 Å². The predicted octanol–water partition coefficient (Wildman–Crippen LogP) is 3.96. The van der Waals surface area contributed by atoms with Crippen LogP contribution < -0.4 is 10.1 Å². The van der Waals surface area contributed by atoms with Crippen molar-refractivity contribution in [2.45, 2.75) is 27.0 Å². The van der Waals surface area contributed by atoms with Gasteiger partial charge in [0.2, 0.25) is 0 Å². The van der Waals surface area contributed by atoms with Crippen molar-refractivity contribution in [2.75, 3.05) is 7.05 Å². The molecule has 0 bridgehead atoms. The number of furan rings is 1. The van der Waals surface area contributed by atoms with E-state index in [4.69, 9.17) is 9.15 Å². The summed E-state index contributed by atoms with van der Waals surface area (Å²) in [6, 6.07) is 7.98. The first kappa shape index (κ1) is 14.2. The van der Waals surface area contributed by atoms with E-state index in [1.165, 1.54) is 5.56 Å². The first-order valence-electron chi connectivity index (χ1n) is 6.22. The van der Waals surface area contributed by atoms with Gasteiger partial charge < -0.3 is 14.5 Å². The van der Waals surface area contributed by atoms with Crippen LogP contribution in [0.15, 0.2) is 33.2 Å². The van der Waals surface area contributed by atoms with Crippen LogP contribution in [0.25, 0.3) is 0 Å². The third-order valence-electron chi connectivity index (χ3n) is 2.95. The summed E-state index contributed by atoms with van der Waals surface area (Å²) in [7, 11) is 1.92. The van der Waals surface area contributed by atoms with Crippen LogP contribution in [0.4, 0.5) is 0 Å². The van der Waals surface area contributed by atoms with Crippen LogP contribution in [0.1, 0.15) is 22.6 Å². The number of nitrogens with one attached hydrogen (secondary N) is 1. The second kappa shape index (κ2) is 6.26. The molecule has 19 heavy (non-hydrogen) atoms. The fourth-order valence-corrected chi connectivity index (χ4v) is 2.13. The molecule has 2 aromatic rings. The van der Waals surface area contributed by atoms with E-state index in [-0.39, 0.29) is 0 Å². The third kappa shape index (κ3) is 3.61. The van der Waals surface area contributed by atoms with Gasteiger partial charge in [-0.25, -0.2) is 0 Å². The molecule has 3 nitrogen and oxygen atoms in total. The first-order chi connectivity index (χ1) is 9.10. The van der Waals surface area contributed by atoms with Crippen LogP contribution in [-0.2, 0) is 13.2 Å². The molecule has 0 aliphatic rings. The zero-order valence-corrected chi connectivity index (χ0v) is 13.0. The van der Waals surface area contributed by atoms with Crippen molar-refractivity contribution in [1.29, 1.82) is 0 Å². The van der Waals surface area contributed by atoms with Crippen molar-refractivity contribution < 1.29 is 9.15 Å². The molecule has 0 saturated carbocycles. The van der Waals surface area contributed by atoms with Gasteiger partial charge in [-0.05, 0) is 50.7 Å². The summed E-state index contributed by atoms with van der Waals surface area (Å²) in [6.45, 7) is 5.28. The molecule has 0 saturated heterocycles. The lowest BCUT2D eigenvalue weighted by atomic mass is 10.2.